The number of aromatic nitrogens is 1. The third kappa shape index (κ3) is 3.09. The average Bonchev–Trinajstić information content (AvgIpc) is 3.26. The predicted octanol–water partition coefficient (Wildman–Crippen LogP) is 1.91. The van der Waals surface area contributed by atoms with Gasteiger partial charge in [-0.05, 0) is 50.4 Å². The van der Waals surface area contributed by atoms with Gasteiger partial charge >= 0.3 is 0 Å². The van der Waals surface area contributed by atoms with Gasteiger partial charge in [-0.2, -0.15) is 5.26 Å². The third-order valence-corrected chi connectivity index (χ3v) is 5.87. The van der Waals surface area contributed by atoms with Crippen molar-refractivity contribution in [2.45, 2.75) is 31.9 Å². The zero-order valence-electron chi connectivity index (χ0n) is 14.8. The van der Waals surface area contributed by atoms with Crippen molar-refractivity contribution in [3.63, 3.8) is 0 Å². The number of piperidine rings is 1. The monoisotopic (exact) mass is 352 g/mol. The van der Waals surface area contributed by atoms with Gasteiger partial charge in [-0.1, -0.05) is 6.07 Å². The molecule has 6 heteroatoms. The molecule has 2 aliphatic rings. The lowest BCUT2D eigenvalue weighted by Crippen LogP contribution is -2.41. The van der Waals surface area contributed by atoms with Crippen LogP contribution in [0.5, 0.6) is 0 Å². The maximum absolute atomic E-state index is 11.6. The third-order valence-electron chi connectivity index (χ3n) is 5.87. The number of amides is 1. The second-order valence-electron chi connectivity index (χ2n) is 7.38. The minimum Gasteiger partial charge on any atom is -0.377 e. The number of fused-ring (bicyclic) bond motifs is 1. The molecule has 0 bridgehead atoms. The highest BCUT2D eigenvalue weighted by Crippen LogP contribution is 2.33. The Hall–Kier alpha value is -2.36. The molecule has 2 saturated heterocycles. The van der Waals surface area contributed by atoms with Crippen molar-refractivity contribution >= 4 is 11.4 Å². The second kappa shape index (κ2) is 7.10. The van der Waals surface area contributed by atoms with E-state index in [4.69, 9.17) is 10.5 Å². The number of carbonyl (C=O) groups excluding carboxylic acids is 1. The Labute approximate surface area is 153 Å². The minimum absolute atomic E-state index is 0.0126. The van der Waals surface area contributed by atoms with Gasteiger partial charge in [-0.25, -0.2) is 0 Å². The van der Waals surface area contributed by atoms with Crippen LogP contribution in [0, 0.1) is 23.2 Å². The normalized spacial score (nSPS) is 24.7. The molecular weight excluding hydrogens is 328 g/mol. The number of ether oxygens (including phenoxy) is 1. The molecule has 0 unspecified atom stereocenters. The summed E-state index contributed by atoms with van der Waals surface area (Å²) < 4.78 is 7.85. The number of pyridine rings is 1. The summed E-state index contributed by atoms with van der Waals surface area (Å²) in [4.78, 5) is 14.0. The molecule has 2 aromatic rings. The number of hydrogen-bond donors (Lipinski definition) is 1. The number of rotatable bonds is 4. The minimum atomic E-state index is -0.228. The zero-order chi connectivity index (χ0) is 18.1. The molecule has 2 aromatic heterocycles. The summed E-state index contributed by atoms with van der Waals surface area (Å²) >= 11 is 0. The molecule has 2 atom stereocenters. The highest BCUT2D eigenvalue weighted by atomic mass is 16.5. The van der Waals surface area contributed by atoms with Gasteiger partial charge in [0.15, 0.2) is 0 Å². The summed E-state index contributed by atoms with van der Waals surface area (Å²) in [7, 11) is 0. The zero-order valence-corrected chi connectivity index (χ0v) is 14.8. The first-order chi connectivity index (χ1) is 12.7. The molecule has 2 fully saturated rings. The Morgan fingerprint density at radius 1 is 1.31 bits per heavy atom. The van der Waals surface area contributed by atoms with E-state index in [9.17, 15) is 10.1 Å². The Morgan fingerprint density at radius 2 is 2.12 bits per heavy atom. The van der Waals surface area contributed by atoms with Gasteiger partial charge in [-0.3, -0.25) is 9.69 Å². The van der Waals surface area contributed by atoms with Crippen LogP contribution in [-0.4, -0.2) is 41.0 Å². The van der Waals surface area contributed by atoms with Crippen molar-refractivity contribution in [3.8, 4) is 6.07 Å². The average molecular weight is 352 g/mol. The molecule has 2 N–H and O–H groups in total. The van der Waals surface area contributed by atoms with Crippen LogP contribution in [0.1, 0.15) is 30.4 Å². The number of nitrogens with two attached hydrogens (primary N) is 1. The fourth-order valence-electron chi connectivity index (χ4n) is 4.49. The SMILES string of the molecule is N#Cc1c(CN2CCC([C@H]3OCC[C@@H]3C(N)=O)CC2)cn2ccccc12. The highest BCUT2D eigenvalue weighted by molar-refractivity contribution is 5.77. The van der Waals surface area contributed by atoms with E-state index >= 15 is 0 Å². The van der Waals surface area contributed by atoms with Gasteiger partial charge in [0, 0.05) is 31.1 Å². The van der Waals surface area contributed by atoms with E-state index in [0.717, 1.165) is 55.5 Å². The van der Waals surface area contributed by atoms with E-state index in [1.807, 2.05) is 28.8 Å². The molecule has 0 saturated carbocycles. The number of primary amides is 1. The van der Waals surface area contributed by atoms with Gasteiger partial charge < -0.3 is 14.9 Å². The molecule has 4 rings (SSSR count). The Kier molecular flexibility index (Phi) is 4.66. The molecule has 6 nitrogen and oxygen atoms in total. The van der Waals surface area contributed by atoms with Gasteiger partial charge in [0.2, 0.25) is 5.91 Å². The summed E-state index contributed by atoms with van der Waals surface area (Å²) in [5.74, 6) is 0.0393. The lowest BCUT2D eigenvalue weighted by molar-refractivity contribution is -0.124. The largest absolute Gasteiger partial charge is 0.377 e. The van der Waals surface area contributed by atoms with Crippen LogP contribution >= 0.6 is 0 Å². The number of likely N-dealkylation sites (tertiary alicyclic amines) is 1. The van der Waals surface area contributed by atoms with E-state index in [1.165, 1.54) is 0 Å². The molecule has 1 amide bonds. The Bertz CT molecular complexity index is 845. The lowest BCUT2D eigenvalue weighted by Gasteiger charge is -2.35. The van der Waals surface area contributed by atoms with Crippen LogP contribution in [0.15, 0.2) is 30.6 Å². The summed E-state index contributed by atoms with van der Waals surface area (Å²) in [5, 5.41) is 9.56. The van der Waals surface area contributed by atoms with Crippen molar-refractivity contribution in [1.29, 1.82) is 5.26 Å². The number of hydrogen-bond acceptors (Lipinski definition) is 4. The van der Waals surface area contributed by atoms with Gasteiger partial charge in [-0.15, -0.1) is 0 Å². The first-order valence-corrected chi connectivity index (χ1v) is 9.29. The predicted molar refractivity (Wildman–Crippen MR) is 97.2 cm³/mol. The molecular formula is C20H24N4O2. The van der Waals surface area contributed by atoms with Gasteiger partial charge in [0.25, 0.3) is 0 Å². The van der Waals surface area contributed by atoms with Crippen LogP contribution in [0.4, 0.5) is 0 Å². The summed E-state index contributed by atoms with van der Waals surface area (Å²) in [5.41, 5.74) is 8.33. The lowest BCUT2D eigenvalue weighted by atomic mass is 9.84. The highest BCUT2D eigenvalue weighted by Gasteiger charge is 2.39. The van der Waals surface area contributed by atoms with Crippen LogP contribution in [0.25, 0.3) is 5.52 Å². The molecule has 0 spiro atoms. The Morgan fingerprint density at radius 3 is 2.85 bits per heavy atom. The second-order valence-corrected chi connectivity index (χ2v) is 7.38. The molecule has 2 aliphatic heterocycles. The van der Waals surface area contributed by atoms with E-state index < -0.39 is 0 Å². The maximum atomic E-state index is 11.6. The van der Waals surface area contributed by atoms with E-state index in [-0.39, 0.29) is 17.9 Å². The van der Waals surface area contributed by atoms with Crippen molar-refractivity contribution in [2.24, 2.45) is 17.6 Å². The van der Waals surface area contributed by atoms with Crippen molar-refractivity contribution in [2.75, 3.05) is 19.7 Å². The standard InChI is InChI=1S/C20H24N4O2/c21-11-17-15(13-24-7-2-1-3-18(17)24)12-23-8-4-14(5-9-23)19-16(20(22)25)6-10-26-19/h1-3,7,13-14,16,19H,4-6,8-10,12H2,(H2,22,25)/t16-,19+/m0/s1. The molecule has 0 aromatic carbocycles. The molecule has 0 radical (unpaired) electrons. The quantitative estimate of drug-likeness (QED) is 0.911. The van der Waals surface area contributed by atoms with Crippen LogP contribution in [-0.2, 0) is 16.1 Å². The summed E-state index contributed by atoms with van der Waals surface area (Å²) in [6, 6.07) is 8.28. The number of nitrogens with zero attached hydrogens (tertiary/aromatic N) is 3. The summed E-state index contributed by atoms with van der Waals surface area (Å²) in [6.45, 7) is 3.32. The van der Waals surface area contributed by atoms with E-state index in [2.05, 4.69) is 17.2 Å². The van der Waals surface area contributed by atoms with Crippen molar-refractivity contribution < 1.29 is 9.53 Å². The first-order valence-electron chi connectivity index (χ1n) is 9.29. The molecule has 26 heavy (non-hydrogen) atoms. The van der Waals surface area contributed by atoms with Crippen LogP contribution in [0.2, 0.25) is 0 Å². The van der Waals surface area contributed by atoms with Crippen molar-refractivity contribution in [1.82, 2.24) is 9.30 Å². The van der Waals surface area contributed by atoms with Gasteiger partial charge in [0.1, 0.15) is 6.07 Å². The van der Waals surface area contributed by atoms with Gasteiger partial charge in [0.05, 0.1) is 23.1 Å². The fraction of sp³-hybridized carbons (Fsp3) is 0.500. The maximum Gasteiger partial charge on any atom is 0.223 e. The topological polar surface area (TPSA) is 83.8 Å². The van der Waals surface area contributed by atoms with Crippen LogP contribution in [0.3, 0.4) is 0 Å². The van der Waals surface area contributed by atoms with E-state index in [1.54, 1.807) is 0 Å². The first kappa shape index (κ1) is 17.1. The Balaban J connectivity index is 1.42. The molecule has 136 valence electrons. The fourth-order valence-corrected chi connectivity index (χ4v) is 4.49. The number of carbonyl (C=O) groups is 1. The van der Waals surface area contributed by atoms with Crippen LogP contribution < -0.4 is 5.73 Å². The van der Waals surface area contributed by atoms with Crippen molar-refractivity contribution in [3.05, 3.63) is 41.7 Å². The summed E-state index contributed by atoms with van der Waals surface area (Å²) in [6.07, 6.45) is 6.79. The molecule has 0 aliphatic carbocycles. The smallest absolute Gasteiger partial charge is 0.223 e. The number of nitriles is 1. The molecule has 4 heterocycles. The van der Waals surface area contributed by atoms with E-state index in [0.29, 0.717) is 12.5 Å².